The normalized spacial score (nSPS) is 11.4. The molecule has 0 spiro atoms. The van der Waals surface area contributed by atoms with Gasteiger partial charge >= 0.3 is 0 Å². The van der Waals surface area contributed by atoms with Gasteiger partial charge in [-0.15, -0.1) is 0 Å². The van der Waals surface area contributed by atoms with Crippen molar-refractivity contribution in [3.05, 3.63) is 57.6 Å². The number of nitrogens with one attached hydrogen (secondary N) is 1. The zero-order valence-electron chi connectivity index (χ0n) is 11.1. The first-order chi connectivity index (χ1) is 9.83. The maximum Gasteiger partial charge on any atom is 0.262 e. The van der Waals surface area contributed by atoms with Crippen molar-refractivity contribution in [2.45, 2.75) is 18.4 Å². The van der Waals surface area contributed by atoms with Gasteiger partial charge in [0.1, 0.15) is 0 Å². The van der Waals surface area contributed by atoms with Crippen molar-refractivity contribution in [2.24, 2.45) is 0 Å². The zero-order valence-corrected chi connectivity index (χ0v) is 13.4. The number of aryl methyl sites for hydroxylation is 1. The first-order valence-electron chi connectivity index (χ1n) is 6.02. The molecule has 21 heavy (non-hydrogen) atoms. The number of hydrogen-bond donors (Lipinski definition) is 2. The van der Waals surface area contributed by atoms with E-state index in [2.05, 4.69) is 4.72 Å². The highest BCUT2D eigenvalue weighted by atomic mass is 35.5. The molecule has 0 saturated heterocycles. The Morgan fingerprint density at radius 3 is 2.33 bits per heavy atom. The molecule has 4 nitrogen and oxygen atoms in total. The second-order valence-corrected chi connectivity index (χ2v) is 7.03. The van der Waals surface area contributed by atoms with Crippen LogP contribution in [-0.4, -0.2) is 13.5 Å². The number of halogens is 2. The van der Waals surface area contributed by atoms with Crippen molar-refractivity contribution in [2.75, 3.05) is 4.72 Å². The van der Waals surface area contributed by atoms with Gasteiger partial charge in [-0.25, -0.2) is 8.42 Å². The molecule has 0 heterocycles. The molecule has 2 aromatic rings. The maximum absolute atomic E-state index is 12.4. The van der Waals surface area contributed by atoms with Crippen molar-refractivity contribution < 1.29 is 13.5 Å². The van der Waals surface area contributed by atoms with Crippen LogP contribution in [0.1, 0.15) is 11.1 Å². The van der Waals surface area contributed by atoms with E-state index in [1.807, 2.05) is 0 Å². The topological polar surface area (TPSA) is 66.4 Å². The lowest BCUT2D eigenvalue weighted by Gasteiger charge is -2.14. The van der Waals surface area contributed by atoms with E-state index in [1.165, 1.54) is 18.2 Å². The summed E-state index contributed by atoms with van der Waals surface area (Å²) in [6.07, 6.45) is 0. The molecule has 0 unspecified atom stereocenters. The van der Waals surface area contributed by atoms with Gasteiger partial charge in [-0.2, -0.15) is 0 Å². The molecule has 0 saturated carbocycles. The largest absolute Gasteiger partial charge is 0.392 e. The number of hydrogen-bond acceptors (Lipinski definition) is 3. The number of aliphatic hydroxyl groups is 1. The van der Waals surface area contributed by atoms with Gasteiger partial charge in [-0.3, -0.25) is 4.72 Å². The van der Waals surface area contributed by atoms with Crippen LogP contribution < -0.4 is 4.72 Å². The lowest BCUT2D eigenvalue weighted by molar-refractivity contribution is 0.282. The number of aliphatic hydroxyl groups excluding tert-OH is 1. The highest BCUT2D eigenvalue weighted by Crippen LogP contribution is 2.27. The molecular weight excluding hydrogens is 333 g/mol. The molecule has 0 fully saturated rings. The van der Waals surface area contributed by atoms with E-state index >= 15 is 0 Å². The summed E-state index contributed by atoms with van der Waals surface area (Å²) < 4.78 is 27.3. The molecule has 0 aliphatic carbocycles. The summed E-state index contributed by atoms with van der Waals surface area (Å²) in [5, 5.41) is 9.78. The Morgan fingerprint density at radius 2 is 1.76 bits per heavy atom. The average molecular weight is 346 g/mol. The SMILES string of the molecule is Cc1cccc(CO)c1NS(=O)(=O)c1cc(Cl)cc(Cl)c1. The summed E-state index contributed by atoms with van der Waals surface area (Å²) in [7, 11) is -3.84. The minimum atomic E-state index is -3.84. The molecule has 7 heteroatoms. The lowest BCUT2D eigenvalue weighted by Crippen LogP contribution is -2.15. The molecular formula is C14H13Cl2NO3S. The van der Waals surface area contributed by atoms with E-state index in [9.17, 15) is 13.5 Å². The Balaban J connectivity index is 2.47. The number of rotatable bonds is 4. The third-order valence-electron chi connectivity index (χ3n) is 2.91. The molecule has 0 bridgehead atoms. The quantitative estimate of drug-likeness (QED) is 0.889. The molecule has 0 radical (unpaired) electrons. The fourth-order valence-electron chi connectivity index (χ4n) is 1.88. The van der Waals surface area contributed by atoms with Crippen LogP contribution in [0.3, 0.4) is 0 Å². The first-order valence-corrected chi connectivity index (χ1v) is 8.25. The lowest BCUT2D eigenvalue weighted by atomic mass is 10.1. The molecule has 0 aliphatic rings. The monoisotopic (exact) mass is 345 g/mol. The first kappa shape index (κ1) is 16.1. The molecule has 2 aromatic carbocycles. The Bertz CT molecular complexity index is 756. The molecule has 0 amide bonds. The Morgan fingerprint density at radius 1 is 1.14 bits per heavy atom. The molecule has 0 aromatic heterocycles. The van der Waals surface area contributed by atoms with Crippen molar-refractivity contribution in [3.8, 4) is 0 Å². The molecule has 0 aliphatic heterocycles. The van der Waals surface area contributed by atoms with Crippen molar-refractivity contribution in [1.29, 1.82) is 0 Å². The summed E-state index contributed by atoms with van der Waals surface area (Å²) in [6, 6.07) is 9.22. The maximum atomic E-state index is 12.4. The minimum absolute atomic E-state index is 0.0351. The van der Waals surface area contributed by atoms with Gasteiger partial charge in [0.25, 0.3) is 10.0 Å². The van der Waals surface area contributed by atoms with Crippen LogP contribution in [0.15, 0.2) is 41.3 Å². The smallest absolute Gasteiger partial charge is 0.262 e. The van der Waals surface area contributed by atoms with Crippen LogP contribution in [0.4, 0.5) is 5.69 Å². The predicted molar refractivity (Wildman–Crippen MR) is 84.4 cm³/mol. The van der Waals surface area contributed by atoms with E-state index in [0.717, 1.165) is 0 Å². The minimum Gasteiger partial charge on any atom is -0.392 e. The van der Waals surface area contributed by atoms with E-state index in [1.54, 1.807) is 25.1 Å². The van der Waals surface area contributed by atoms with Gasteiger partial charge in [0.2, 0.25) is 0 Å². The fourth-order valence-corrected chi connectivity index (χ4v) is 3.78. The molecule has 112 valence electrons. The van der Waals surface area contributed by atoms with Crippen LogP contribution in [-0.2, 0) is 16.6 Å². The van der Waals surface area contributed by atoms with Crippen LogP contribution in [0.25, 0.3) is 0 Å². The van der Waals surface area contributed by atoms with Crippen LogP contribution in [0.2, 0.25) is 10.0 Å². The van der Waals surface area contributed by atoms with Gasteiger partial charge in [0.05, 0.1) is 17.2 Å². The van der Waals surface area contributed by atoms with E-state index in [4.69, 9.17) is 23.2 Å². The second kappa shape index (κ2) is 6.23. The fraction of sp³-hybridized carbons (Fsp3) is 0.143. The third-order valence-corrected chi connectivity index (χ3v) is 4.68. The van der Waals surface area contributed by atoms with Crippen molar-refractivity contribution >= 4 is 38.9 Å². The zero-order chi connectivity index (χ0) is 15.6. The van der Waals surface area contributed by atoms with Gasteiger partial charge in [-0.05, 0) is 30.7 Å². The van der Waals surface area contributed by atoms with Crippen LogP contribution in [0, 0.1) is 6.92 Å². The van der Waals surface area contributed by atoms with Crippen molar-refractivity contribution in [3.63, 3.8) is 0 Å². The Hall–Kier alpha value is -1.27. The van der Waals surface area contributed by atoms with E-state index in [0.29, 0.717) is 16.8 Å². The van der Waals surface area contributed by atoms with Gasteiger partial charge in [-0.1, -0.05) is 41.4 Å². The predicted octanol–water partition coefficient (Wildman–Crippen LogP) is 3.59. The standard InChI is InChI=1S/C14H13Cl2NO3S/c1-9-3-2-4-10(8-18)14(9)17-21(19,20)13-6-11(15)5-12(16)7-13/h2-7,17-18H,8H2,1H3. The van der Waals surface area contributed by atoms with Crippen molar-refractivity contribution in [1.82, 2.24) is 0 Å². The van der Waals surface area contributed by atoms with E-state index < -0.39 is 10.0 Å². The van der Waals surface area contributed by atoms with E-state index in [-0.39, 0.29) is 21.5 Å². The van der Waals surface area contributed by atoms with Gasteiger partial charge in [0.15, 0.2) is 0 Å². The number of benzene rings is 2. The summed E-state index contributed by atoms with van der Waals surface area (Å²) in [4.78, 5) is -0.0351. The van der Waals surface area contributed by atoms with Crippen LogP contribution in [0.5, 0.6) is 0 Å². The highest BCUT2D eigenvalue weighted by Gasteiger charge is 2.18. The molecule has 2 rings (SSSR count). The Kier molecular flexibility index (Phi) is 4.78. The van der Waals surface area contributed by atoms with Gasteiger partial charge < -0.3 is 5.11 Å². The number of sulfonamides is 1. The van der Waals surface area contributed by atoms with Crippen LogP contribution >= 0.6 is 23.2 Å². The summed E-state index contributed by atoms with van der Waals surface area (Å²) in [5.74, 6) is 0. The second-order valence-electron chi connectivity index (χ2n) is 4.48. The molecule has 2 N–H and O–H groups in total. The number of para-hydroxylation sites is 1. The van der Waals surface area contributed by atoms with Gasteiger partial charge in [0, 0.05) is 15.6 Å². The Labute approximate surface area is 133 Å². The average Bonchev–Trinajstić information content (AvgIpc) is 2.40. The summed E-state index contributed by atoms with van der Waals surface area (Å²) in [5.41, 5.74) is 1.56. The highest BCUT2D eigenvalue weighted by molar-refractivity contribution is 7.92. The number of anilines is 1. The summed E-state index contributed by atoms with van der Waals surface area (Å²) >= 11 is 11.7. The summed E-state index contributed by atoms with van der Waals surface area (Å²) in [6.45, 7) is 1.48. The third kappa shape index (κ3) is 3.68. The molecule has 0 atom stereocenters.